The lowest BCUT2D eigenvalue weighted by Crippen LogP contribution is -2.22. The molecule has 0 radical (unpaired) electrons. The highest BCUT2D eigenvalue weighted by molar-refractivity contribution is 5.51. The third-order valence-corrected chi connectivity index (χ3v) is 5.07. The smallest absolute Gasteiger partial charge is 0.159 e. The molecule has 1 spiro atoms. The van der Waals surface area contributed by atoms with Crippen molar-refractivity contribution in [3.05, 3.63) is 17.1 Å². The third-order valence-electron chi connectivity index (χ3n) is 5.07. The highest BCUT2D eigenvalue weighted by Crippen LogP contribution is 2.51. The first kappa shape index (κ1) is 10.6. The summed E-state index contributed by atoms with van der Waals surface area (Å²) in [7, 11) is 0. The first-order chi connectivity index (χ1) is 9.33. The minimum absolute atomic E-state index is 0.468. The van der Waals surface area contributed by atoms with Gasteiger partial charge in [0.15, 0.2) is 5.82 Å². The molecule has 5 rings (SSSR count). The standard InChI is InChI=1S/C15H19N3O/c1-2-11-12(3-1)16-13(10-4-5-10)17-14(11)18-8-15(6-7-15)9-19-18/h10H,1-9H2. The number of hydroxylamine groups is 1. The molecule has 3 aliphatic carbocycles. The zero-order chi connectivity index (χ0) is 12.4. The minimum Gasteiger partial charge on any atom is -0.271 e. The molecule has 2 heterocycles. The highest BCUT2D eigenvalue weighted by Gasteiger charge is 2.50. The number of nitrogens with zero attached hydrogens (tertiary/aromatic N) is 3. The number of hydrogen-bond acceptors (Lipinski definition) is 4. The molecule has 0 atom stereocenters. The van der Waals surface area contributed by atoms with Gasteiger partial charge in [-0.2, -0.15) is 0 Å². The van der Waals surface area contributed by atoms with E-state index in [4.69, 9.17) is 14.8 Å². The van der Waals surface area contributed by atoms with Crippen molar-refractivity contribution in [3.63, 3.8) is 0 Å². The van der Waals surface area contributed by atoms with E-state index in [9.17, 15) is 0 Å². The van der Waals surface area contributed by atoms with Gasteiger partial charge < -0.3 is 0 Å². The van der Waals surface area contributed by atoms with Crippen LogP contribution in [0.3, 0.4) is 0 Å². The molecule has 0 unspecified atom stereocenters. The molecule has 4 aliphatic rings. The lowest BCUT2D eigenvalue weighted by molar-refractivity contribution is 0.152. The van der Waals surface area contributed by atoms with E-state index in [0.717, 1.165) is 37.6 Å². The molecule has 2 saturated carbocycles. The topological polar surface area (TPSA) is 38.2 Å². The van der Waals surface area contributed by atoms with Gasteiger partial charge in [-0.1, -0.05) is 0 Å². The SMILES string of the molecule is C1Cc2nc(C3CC3)nc(N3CC4(CC4)CO3)c2C1. The number of hydrogen-bond donors (Lipinski definition) is 0. The number of aryl methyl sites for hydroxylation is 1. The summed E-state index contributed by atoms with van der Waals surface area (Å²) < 4.78 is 0. The van der Waals surface area contributed by atoms with E-state index in [0.29, 0.717) is 11.3 Å². The Kier molecular flexibility index (Phi) is 1.94. The van der Waals surface area contributed by atoms with Crippen molar-refractivity contribution in [2.24, 2.45) is 5.41 Å². The van der Waals surface area contributed by atoms with E-state index in [1.54, 1.807) is 0 Å². The second kappa shape index (κ2) is 3.48. The van der Waals surface area contributed by atoms with E-state index in [1.165, 1.54) is 43.4 Å². The summed E-state index contributed by atoms with van der Waals surface area (Å²) in [5.41, 5.74) is 3.13. The van der Waals surface area contributed by atoms with Crippen LogP contribution < -0.4 is 5.06 Å². The minimum atomic E-state index is 0.468. The average Bonchev–Trinajstić information content (AvgIpc) is 3.29. The van der Waals surface area contributed by atoms with Crippen molar-refractivity contribution >= 4 is 5.82 Å². The molecule has 0 bridgehead atoms. The maximum atomic E-state index is 5.94. The van der Waals surface area contributed by atoms with Crippen LogP contribution in [-0.4, -0.2) is 23.1 Å². The molecule has 4 heteroatoms. The Hall–Kier alpha value is -1.16. The second-order valence-electron chi connectivity index (χ2n) is 6.77. The molecular weight excluding hydrogens is 238 g/mol. The molecular formula is C15H19N3O. The first-order valence-electron chi connectivity index (χ1n) is 7.63. The largest absolute Gasteiger partial charge is 0.271 e. The van der Waals surface area contributed by atoms with Crippen molar-refractivity contribution in [2.45, 2.75) is 50.9 Å². The molecule has 1 aliphatic heterocycles. The fourth-order valence-electron chi connectivity index (χ4n) is 3.39. The summed E-state index contributed by atoms with van der Waals surface area (Å²) >= 11 is 0. The van der Waals surface area contributed by atoms with Gasteiger partial charge in [-0.25, -0.2) is 15.0 Å². The van der Waals surface area contributed by atoms with E-state index in [1.807, 2.05) is 0 Å². The Bertz CT molecular complexity index is 549. The van der Waals surface area contributed by atoms with Crippen molar-refractivity contribution in [1.82, 2.24) is 9.97 Å². The van der Waals surface area contributed by atoms with E-state index >= 15 is 0 Å². The summed E-state index contributed by atoms with van der Waals surface area (Å²) in [6, 6.07) is 0. The van der Waals surface area contributed by atoms with Gasteiger partial charge in [0.1, 0.15) is 5.82 Å². The van der Waals surface area contributed by atoms with Crippen LogP contribution in [0.25, 0.3) is 0 Å². The molecule has 0 amide bonds. The molecule has 0 N–H and O–H groups in total. The molecule has 1 aromatic heterocycles. The summed E-state index contributed by atoms with van der Waals surface area (Å²) in [5, 5.41) is 2.09. The van der Waals surface area contributed by atoms with Crippen molar-refractivity contribution < 1.29 is 4.84 Å². The van der Waals surface area contributed by atoms with E-state index < -0.39 is 0 Å². The van der Waals surface area contributed by atoms with Crippen LogP contribution in [0, 0.1) is 5.41 Å². The Balaban J connectivity index is 1.56. The van der Waals surface area contributed by atoms with Gasteiger partial charge in [0.05, 0.1) is 13.2 Å². The normalized spacial score (nSPS) is 27.1. The first-order valence-corrected chi connectivity index (χ1v) is 7.63. The predicted molar refractivity (Wildman–Crippen MR) is 71.0 cm³/mol. The van der Waals surface area contributed by atoms with E-state index in [2.05, 4.69) is 5.06 Å². The summed E-state index contributed by atoms with van der Waals surface area (Å²) in [5.74, 6) is 2.81. The van der Waals surface area contributed by atoms with Crippen molar-refractivity contribution in [3.8, 4) is 0 Å². The highest BCUT2D eigenvalue weighted by atomic mass is 16.7. The maximum absolute atomic E-state index is 5.94. The van der Waals surface area contributed by atoms with Crippen molar-refractivity contribution in [2.75, 3.05) is 18.2 Å². The lowest BCUT2D eigenvalue weighted by Gasteiger charge is -2.19. The summed E-state index contributed by atoms with van der Waals surface area (Å²) in [6.07, 6.45) is 8.67. The number of aromatic nitrogens is 2. The Morgan fingerprint density at radius 2 is 2.05 bits per heavy atom. The van der Waals surface area contributed by atoms with Crippen LogP contribution in [-0.2, 0) is 17.7 Å². The number of rotatable bonds is 2. The number of anilines is 1. The fourth-order valence-corrected chi connectivity index (χ4v) is 3.39. The number of fused-ring (bicyclic) bond motifs is 1. The van der Waals surface area contributed by atoms with Gasteiger partial charge in [0, 0.05) is 22.6 Å². The molecule has 0 aromatic carbocycles. The second-order valence-corrected chi connectivity index (χ2v) is 6.77. The molecule has 1 aromatic rings. The molecule has 19 heavy (non-hydrogen) atoms. The zero-order valence-corrected chi connectivity index (χ0v) is 11.2. The third kappa shape index (κ3) is 1.62. The average molecular weight is 257 g/mol. The van der Waals surface area contributed by atoms with Crippen LogP contribution in [0.1, 0.15) is 55.1 Å². The van der Waals surface area contributed by atoms with Crippen molar-refractivity contribution in [1.29, 1.82) is 0 Å². The van der Waals surface area contributed by atoms with Gasteiger partial charge in [-0.3, -0.25) is 4.84 Å². The summed E-state index contributed by atoms with van der Waals surface area (Å²) in [4.78, 5) is 15.6. The van der Waals surface area contributed by atoms with Crippen LogP contribution in [0.15, 0.2) is 0 Å². The quantitative estimate of drug-likeness (QED) is 0.815. The van der Waals surface area contributed by atoms with Gasteiger partial charge in [-0.05, 0) is 44.9 Å². The fraction of sp³-hybridized carbons (Fsp3) is 0.733. The Morgan fingerprint density at radius 1 is 1.16 bits per heavy atom. The monoisotopic (exact) mass is 257 g/mol. The summed E-state index contributed by atoms with van der Waals surface area (Å²) in [6.45, 7) is 1.94. The van der Waals surface area contributed by atoms with Crippen LogP contribution in [0.5, 0.6) is 0 Å². The van der Waals surface area contributed by atoms with E-state index in [-0.39, 0.29) is 0 Å². The van der Waals surface area contributed by atoms with Gasteiger partial charge in [0.25, 0.3) is 0 Å². The molecule has 3 fully saturated rings. The zero-order valence-electron chi connectivity index (χ0n) is 11.2. The lowest BCUT2D eigenvalue weighted by atomic mass is 10.1. The van der Waals surface area contributed by atoms with Gasteiger partial charge >= 0.3 is 0 Å². The molecule has 4 nitrogen and oxygen atoms in total. The molecule has 100 valence electrons. The van der Waals surface area contributed by atoms with Gasteiger partial charge in [-0.15, -0.1) is 0 Å². The van der Waals surface area contributed by atoms with Gasteiger partial charge in [0.2, 0.25) is 0 Å². The van der Waals surface area contributed by atoms with Crippen LogP contribution >= 0.6 is 0 Å². The van der Waals surface area contributed by atoms with Crippen LogP contribution in [0.2, 0.25) is 0 Å². The predicted octanol–water partition coefficient (Wildman–Crippen LogP) is 2.37. The van der Waals surface area contributed by atoms with Crippen LogP contribution in [0.4, 0.5) is 5.82 Å². The molecule has 1 saturated heterocycles. The Morgan fingerprint density at radius 3 is 2.79 bits per heavy atom. The Labute approximate surface area is 113 Å². The maximum Gasteiger partial charge on any atom is 0.159 e.